The van der Waals surface area contributed by atoms with E-state index in [2.05, 4.69) is 257 Å². The van der Waals surface area contributed by atoms with E-state index in [4.69, 9.17) is 0 Å². The van der Waals surface area contributed by atoms with Gasteiger partial charge in [-0.05, 0) is 114 Å². The third kappa shape index (κ3) is 7.17. The molecule has 2 aliphatic carbocycles. The molecule has 294 valence electrons. The molecule has 8 aromatic rings. The highest BCUT2D eigenvalue weighted by Gasteiger charge is 2.37. The van der Waals surface area contributed by atoms with E-state index in [0.29, 0.717) is 0 Å². The SMILES string of the molecule is CC1(C)c2ccccc2-c2ccc(C=Cc3ccc(N(c4ccc(C=Cc5ccccc5)cc4)c4ccc5c(c4)C(C)(C)c4cc(C=Cc6ccccc6)ccc4-5)cc3)cc21. The van der Waals surface area contributed by atoms with Crippen molar-refractivity contribution in [2.75, 3.05) is 4.90 Å². The monoisotopic (exact) mass is 783 g/mol. The van der Waals surface area contributed by atoms with E-state index in [9.17, 15) is 0 Å². The van der Waals surface area contributed by atoms with Gasteiger partial charge < -0.3 is 4.90 Å². The van der Waals surface area contributed by atoms with Gasteiger partial charge in [-0.3, -0.25) is 0 Å². The van der Waals surface area contributed by atoms with Crippen molar-refractivity contribution in [3.05, 3.63) is 244 Å². The number of nitrogens with zero attached hydrogens (tertiary/aromatic N) is 1. The quantitative estimate of drug-likeness (QED) is 0.132. The molecule has 8 aromatic carbocycles. The van der Waals surface area contributed by atoms with Crippen LogP contribution >= 0.6 is 0 Å². The molecule has 0 radical (unpaired) electrons. The predicted molar refractivity (Wildman–Crippen MR) is 262 cm³/mol. The highest BCUT2D eigenvalue weighted by atomic mass is 15.1. The standard InChI is InChI=1S/C60H49N/c1-59(2)55-18-12-11-17-51(55)52-36-29-47(39-56(52)59)24-22-45-27-33-49(34-28-45)61(48-31-25-44(26-32-48)20-19-42-13-7-5-8-14-42)50-35-38-54-53-37-30-46(23-21-43-15-9-6-10-16-43)40-57(53)60(3,4)58(54)41-50/h5-41H,1-4H3. The Morgan fingerprint density at radius 3 is 1.10 bits per heavy atom. The first kappa shape index (κ1) is 38.0. The molecule has 0 heterocycles. The summed E-state index contributed by atoms with van der Waals surface area (Å²) in [4.78, 5) is 2.39. The number of benzene rings is 8. The maximum absolute atomic E-state index is 2.42. The molecule has 0 aromatic heterocycles. The van der Waals surface area contributed by atoms with Crippen LogP contribution in [0.25, 0.3) is 58.7 Å². The van der Waals surface area contributed by atoms with Gasteiger partial charge in [-0.2, -0.15) is 0 Å². The predicted octanol–water partition coefficient (Wildman–Crippen LogP) is 16.3. The molecule has 0 atom stereocenters. The molecule has 0 saturated carbocycles. The fourth-order valence-electron chi connectivity index (χ4n) is 9.43. The second kappa shape index (κ2) is 15.4. The summed E-state index contributed by atoms with van der Waals surface area (Å²) in [5, 5.41) is 0. The molecule has 1 nitrogen and oxygen atoms in total. The molecule has 10 rings (SSSR count). The summed E-state index contributed by atoms with van der Waals surface area (Å²) in [7, 11) is 0. The van der Waals surface area contributed by atoms with Crippen molar-refractivity contribution in [2.24, 2.45) is 0 Å². The lowest BCUT2D eigenvalue weighted by Gasteiger charge is -2.28. The zero-order chi connectivity index (χ0) is 41.6. The van der Waals surface area contributed by atoms with Crippen molar-refractivity contribution < 1.29 is 0 Å². The van der Waals surface area contributed by atoms with Crippen LogP contribution in [-0.2, 0) is 10.8 Å². The van der Waals surface area contributed by atoms with E-state index in [-0.39, 0.29) is 10.8 Å². The average molecular weight is 784 g/mol. The van der Waals surface area contributed by atoms with Gasteiger partial charge in [-0.25, -0.2) is 0 Å². The highest BCUT2D eigenvalue weighted by molar-refractivity contribution is 5.88. The average Bonchev–Trinajstić information content (AvgIpc) is 3.67. The zero-order valence-electron chi connectivity index (χ0n) is 35.3. The Kier molecular flexibility index (Phi) is 9.61. The largest absolute Gasteiger partial charge is 0.310 e. The molecule has 0 bridgehead atoms. The number of fused-ring (bicyclic) bond motifs is 6. The summed E-state index contributed by atoms with van der Waals surface area (Å²) in [5.41, 5.74) is 21.2. The molecule has 0 saturated heterocycles. The summed E-state index contributed by atoms with van der Waals surface area (Å²) in [6, 6.07) is 68.6. The minimum absolute atomic E-state index is 0.0182. The van der Waals surface area contributed by atoms with E-state index in [1.54, 1.807) is 0 Å². The number of anilines is 3. The lowest BCUT2D eigenvalue weighted by molar-refractivity contribution is 0.660. The van der Waals surface area contributed by atoms with Crippen LogP contribution in [0.15, 0.2) is 188 Å². The number of hydrogen-bond donors (Lipinski definition) is 0. The summed E-state index contributed by atoms with van der Waals surface area (Å²) < 4.78 is 0. The molecular weight excluding hydrogens is 735 g/mol. The Morgan fingerprint density at radius 2 is 0.607 bits per heavy atom. The number of hydrogen-bond acceptors (Lipinski definition) is 1. The lowest BCUT2D eigenvalue weighted by Crippen LogP contribution is -2.16. The van der Waals surface area contributed by atoms with Crippen LogP contribution in [0.5, 0.6) is 0 Å². The fraction of sp³-hybridized carbons (Fsp3) is 0.100. The Balaban J connectivity index is 0.970. The minimum atomic E-state index is -0.167. The maximum atomic E-state index is 2.42. The minimum Gasteiger partial charge on any atom is -0.310 e. The highest BCUT2D eigenvalue weighted by Crippen LogP contribution is 2.52. The Labute approximate surface area is 361 Å². The van der Waals surface area contributed by atoms with Gasteiger partial charge in [0.15, 0.2) is 0 Å². The van der Waals surface area contributed by atoms with Crippen LogP contribution in [0.4, 0.5) is 17.1 Å². The van der Waals surface area contributed by atoms with E-state index in [1.165, 1.54) is 66.8 Å². The van der Waals surface area contributed by atoms with Gasteiger partial charge >= 0.3 is 0 Å². The van der Waals surface area contributed by atoms with Gasteiger partial charge in [-0.1, -0.05) is 216 Å². The molecule has 1 heteroatoms. The van der Waals surface area contributed by atoms with Crippen LogP contribution < -0.4 is 4.90 Å². The van der Waals surface area contributed by atoms with Gasteiger partial charge in [0.05, 0.1) is 0 Å². The second-order valence-electron chi connectivity index (χ2n) is 17.5. The fourth-order valence-corrected chi connectivity index (χ4v) is 9.43. The molecule has 2 aliphatic rings. The molecule has 0 aliphatic heterocycles. The van der Waals surface area contributed by atoms with E-state index < -0.39 is 0 Å². The second-order valence-corrected chi connectivity index (χ2v) is 17.5. The summed E-state index contributed by atoms with van der Waals surface area (Å²) in [6.07, 6.45) is 13.3. The first-order valence-electron chi connectivity index (χ1n) is 21.4. The first-order valence-corrected chi connectivity index (χ1v) is 21.4. The van der Waals surface area contributed by atoms with Crippen molar-refractivity contribution in [3.63, 3.8) is 0 Å². The van der Waals surface area contributed by atoms with Gasteiger partial charge in [0.2, 0.25) is 0 Å². The van der Waals surface area contributed by atoms with Crippen LogP contribution in [0.2, 0.25) is 0 Å². The van der Waals surface area contributed by atoms with Gasteiger partial charge in [-0.15, -0.1) is 0 Å². The summed E-state index contributed by atoms with van der Waals surface area (Å²) >= 11 is 0. The van der Waals surface area contributed by atoms with Crippen molar-refractivity contribution in [3.8, 4) is 22.3 Å². The van der Waals surface area contributed by atoms with Crippen molar-refractivity contribution in [2.45, 2.75) is 38.5 Å². The zero-order valence-corrected chi connectivity index (χ0v) is 35.3. The summed E-state index contributed by atoms with van der Waals surface area (Å²) in [5.74, 6) is 0. The summed E-state index contributed by atoms with van der Waals surface area (Å²) in [6.45, 7) is 9.42. The van der Waals surface area contributed by atoms with Gasteiger partial charge in [0.1, 0.15) is 0 Å². The van der Waals surface area contributed by atoms with Crippen LogP contribution in [0.3, 0.4) is 0 Å². The molecule has 0 unspecified atom stereocenters. The van der Waals surface area contributed by atoms with Crippen molar-refractivity contribution in [1.29, 1.82) is 0 Å². The third-order valence-electron chi connectivity index (χ3n) is 12.9. The maximum Gasteiger partial charge on any atom is 0.0465 e. The first-order chi connectivity index (χ1) is 29.7. The van der Waals surface area contributed by atoms with Gasteiger partial charge in [0.25, 0.3) is 0 Å². The molecule has 61 heavy (non-hydrogen) atoms. The van der Waals surface area contributed by atoms with E-state index in [0.717, 1.165) is 28.2 Å². The van der Waals surface area contributed by atoms with E-state index >= 15 is 0 Å². The van der Waals surface area contributed by atoms with Crippen LogP contribution in [0, 0.1) is 0 Å². The Morgan fingerprint density at radius 1 is 0.279 bits per heavy atom. The molecule has 0 fully saturated rings. The molecule has 0 spiro atoms. The van der Waals surface area contributed by atoms with Crippen molar-refractivity contribution >= 4 is 53.5 Å². The molecular formula is C60H49N. The smallest absolute Gasteiger partial charge is 0.0465 e. The number of rotatable bonds is 9. The normalized spacial score (nSPS) is 14.3. The van der Waals surface area contributed by atoms with Crippen LogP contribution in [-0.4, -0.2) is 0 Å². The third-order valence-corrected chi connectivity index (χ3v) is 12.9. The lowest BCUT2D eigenvalue weighted by atomic mass is 9.81. The molecule has 0 amide bonds. The topological polar surface area (TPSA) is 3.24 Å². The Hall–Kier alpha value is -7.22. The van der Waals surface area contributed by atoms with Crippen LogP contribution in [0.1, 0.15) is 83.3 Å². The Bertz CT molecular complexity index is 2980. The molecule has 0 N–H and O–H groups in total. The van der Waals surface area contributed by atoms with Crippen molar-refractivity contribution in [1.82, 2.24) is 0 Å². The van der Waals surface area contributed by atoms with Gasteiger partial charge in [0, 0.05) is 27.9 Å². The van der Waals surface area contributed by atoms with E-state index in [1.807, 2.05) is 0 Å².